The average molecular weight is 284 g/mol. The van der Waals surface area contributed by atoms with Crippen LogP contribution in [0.15, 0.2) is 18.2 Å². The third kappa shape index (κ3) is 2.82. The van der Waals surface area contributed by atoms with Crippen molar-refractivity contribution in [1.82, 2.24) is 10.3 Å². The summed E-state index contributed by atoms with van der Waals surface area (Å²) in [5.74, 6) is 0.609. The van der Waals surface area contributed by atoms with Gasteiger partial charge in [0.15, 0.2) is 0 Å². The summed E-state index contributed by atoms with van der Waals surface area (Å²) >= 11 is 0. The van der Waals surface area contributed by atoms with E-state index < -0.39 is 0 Å². The van der Waals surface area contributed by atoms with E-state index in [0.29, 0.717) is 17.7 Å². The molecule has 2 atom stereocenters. The van der Waals surface area contributed by atoms with Gasteiger partial charge in [0.25, 0.3) is 5.91 Å². The van der Waals surface area contributed by atoms with E-state index in [9.17, 15) is 4.79 Å². The maximum absolute atomic E-state index is 12.5. The van der Waals surface area contributed by atoms with Gasteiger partial charge in [0.1, 0.15) is 5.69 Å². The number of amides is 1. The summed E-state index contributed by atoms with van der Waals surface area (Å²) < 4.78 is 0. The highest BCUT2D eigenvalue weighted by Crippen LogP contribution is 2.25. The number of aryl methyl sites for hydroxylation is 2. The van der Waals surface area contributed by atoms with Crippen molar-refractivity contribution in [1.29, 1.82) is 0 Å². The van der Waals surface area contributed by atoms with Gasteiger partial charge in [-0.1, -0.05) is 25.8 Å². The second-order valence-electron chi connectivity index (χ2n) is 6.57. The molecule has 1 aliphatic carbocycles. The van der Waals surface area contributed by atoms with Gasteiger partial charge < -0.3 is 10.3 Å². The van der Waals surface area contributed by atoms with E-state index in [1.807, 2.05) is 6.07 Å². The summed E-state index contributed by atoms with van der Waals surface area (Å²) in [5, 5.41) is 4.35. The first kappa shape index (κ1) is 14.2. The normalized spacial score (nSPS) is 22.4. The molecule has 0 radical (unpaired) electrons. The summed E-state index contributed by atoms with van der Waals surface area (Å²) in [4.78, 5) is 15.8. The molecule has 1 aliphatic rings. The van der Waals surface area contributed by atoms with Gasteiger partial charge >= 0.3 is 0 Å². The van der Waals surface area contributed by atoms with E-state index in [4.69, 9.17) is 0 Å². The number of aromatic amines is 1. The lowest BCUT2D eigenvalue weighted by atomic mass is 9.86. The number of aromatic nitrogens is 1. The Bertz CT molecular complexity index is 671. The first-order valence-corrected chi connectivity index (χ1v) is 7.95. The average Bonchev–Trinajstić information content (AvgIpc) is 2.85. The minimum absolute atomic E-state index is 0.0296. The van der Waals surface area contributed by atoms with Gasteiger partial charge in [-0.2, -0.15) is 0 Å². The number of hydrogen-bond acceptors (Lipinski definition) is 1. The highest BCUT2D eigenvalue weighted by molar-refractivity contribution is 5.99. The molecule has 0 aliphatic heterocycles. The molecule has 3 nitrogen and oxygen atoms in total. The van der Waals surface area contributed by atoms with E-state index in [2.05, 4.69) is 43.2 Å². The smallest absolute Gasteiger partial charge is 0.267 e. The molecule has 1 aromatic heterocycles. The zero-order valence-electron chi connectivity index (χ0n) is 13.1. The van der Waals surface area contributed by atoms with Gasteiger partial charge in [0.05, 0.1) is 0 Å². The molecule has 0 spiro atoms. The van der Waals surface area contributed by atoms with Crippen LogP contribution in [0.2, 0.25) is 0 Å². The molecule has 3 rings (SSSR count). The summed E-state index contributed by atoms with van der Waals surface area (Å²) in [5.41, 5.74) is 4.16. The molecule has 112 valence electrons. The Labute approximate surface area is 126 Å². The number of H-pyrrole nitrogens is 1. The predicted molar refractivity (Wildman–Crippen MR) is 86.7 cm³/mol. The zero-order chi connectivity index (χ0) is 15.0. The van der Waals surface area contributed by atoms with Crippen LogP contribution in [-0.4, -0.2) is 16.9 Å². The highest BCUT2D eigenvalue weighted by atomic mass is 16.1. The van der Waals surface area contributed by atoms with Crippen molar-refractivity contribution in [2.24, 2.45) is 5.92 Å². The van der Waals surface area contributed by atoms with Gasteiger partial charge in [0.2, 0.25) is 0 Å². The first-order valence-electron chi connectivity index (χ1n) is 7.95. The van der Waals surface area contributed by atoms with Gasteiger partial charge in [-0.3, -0.25) is 4.79 Å². The maximum Gasteiger partial charge on any atom is 0.267 e. The number of carbonyl (C=O) groups excluding carboxylic acids is 1. The fourth-order valence-electron chi connectivity index (χ4n) is 3.50. The van der Waals surface area contributed by atoms with Crippen LogP contribution in [0.3, 0.4) is 0 Å². The fourth-order valence-corrected chi connectivity index (χ4v) is 3.50. The third-order valence-corrected chi connectivity index (χ3v) is 4.76. The van der Waals surface area contributed by atoms with Crippen LogP contribution in [0.4, 0.5) is 0 Å². The number of fused-ring (bicyclic) bond motifs is 1. The Kier molecular flexibility index (Phi) is 3.75. The second kappa shape index (κ2) is 5.55. The molecule has 21 heavy (non-hydrogen) atoms. The van der Waals surface area contributed by atoms with Crippen molar-refractivity contribution < 1.29 is 4.79 Å². The van der Waals surface area contributed by atoms with Gasteiger partial charge in [-0.25, -0.2) is 0 Å². The van der Waals surface area contributed by atoms with Gasteiger partial charge in [-0.05, 0) is 55.9 Å². The maximum atomic E-state index is 12.5. The zero-order valence-corrected chi connectivity index (χ0v) is 13.1. The Hall–Kier alpha value is -1.77. The van der Waals surface area contributed by atoms with Crippen molar-refractivity contribution in [3.63, 3.8) is 0 Å². The molecule has 2 N–H and O–H groups in total. The van der Waals surface area contributed by atoms with Crippen molar-refractivity contribution >= 4 is 16.8 Å². The lowest BCUT2D eigenvalue weighted by molar-refractivity contribution is 0.0906. The second-order valence-corrected chi connectivity index (χ2v) is 6.57. The minimum atomic E-state index is 0.0296. The standard InChI is InChI=1S/C18H24N2O/c1-11-8-13(3)14-10-17(19-16(14)9-11)18(21)20-15-7-5-4-6-12(15)2/h8-10,12,15,19H,4-7H2,1-3H3,(H,20,21)/t12-,15+/m1/s1. The molecular formula is C18H24N2O. The molecule has 1 aromatic carbocycles. The van der Waals surface area contributed by atoms with E-state index in [0.717, 1.165) is 17.3 Å². The summed E-state index contributed by atoms with van der Waals surface area (Å²) in [6.45, 7) is 6.41. The number of benzene rings is 1. The number of carbonyl (C=O) groups is 1. The summed E-state index contributed by atoms with van der Waals surface area (Å²) in [6.07, 6.45) is 4.83. The molecule has 1 amide bonds. The molecule has 3 heteroatoms. The van der Waals surface area contributed by atoms with Crippen LogP contribution in [0.25, 0.3) is 10.9 Å². The van der Waals surface area contributed by atoms with E-state index in [-0.39, 0.29) is 5.91 Å². The van der Waals surface area contributed by atoms with Crippen molar-refractivity contribution in [2.45, 2.75) is 52.5 Å². The largest absolute Gasteiger partial charge is 0.351 e. The molecule has 0 bridgehead atoms. The van der Waals surface area contributed by atoms with Gasteiger partial charge in [0, 0.05) is 16.9 Å². The molecule has 0 unspecified atom stereocenters. The van der Waals surface area contributed by atoms with Crippen molar-refractivity contribution in [3.8, 4) is 0 Å². The van der Waals surface area contributed by atoms with E-state index >= 15 is 0 Å². The lowest BCUT2D eigenvalue weighted by Crippen LogP contribution is -2.41. The number of hydrogen-bond donors (Lipinski definition) is 2. The van der Waals surface area contributed by atoms with Crippen LogP contribution in [0.5, 0.6) is 0 Å². The lowest BCUT2D eigenvalue weighted by Gasteiger charge is -2.29. The van der Waals surface area contributed by atoms with Crippen LogP contribution in [0, 0.1) is 19.8 Å². The van der Waals surface area contributed by atoms with Crippen LogP contribution >= 0.6 is 0 Å². The Morgan fingerprint density at radius 2 is 1.95 bits per heavy atom. The molecular weight excluding hydrogens is 260 g/mol. The van der Waals surface area contributed by atoms with Crippen LogP contribution < -0.4 is 5.32 Å². The van der Waals surface area contributed by atoms with Gasteiger partial charge in [-0.15, -0.1) is 0 Å². The van der Waals surface area contributed by atoms with Crippen molar-refractivity contribution in [2.75, 3.05) is 0 Å². The SMILES string of the molecule is Cc1cc(C)c2cc(C(=O)N[C@H]3CCCC[C@H]3C)[nH]c2c1. The highest BCUT2D eigenvalue weighted by Gasteiger charge is 2.23. The molecule has 1 saturated carbocycles. The predicted octanol–water partition coefficient (Wildman–Crippen LogP) is 4.09. The molecule has 1 heterocycles. The monoisotopic (exact) mass is 284 g/mol. The number of rotatable bonds is 2. The summed E-state index contributed by atoms with van der Waals surface area (Å²) in [6, 6.07) is 6.55. The number of nitrogens with one attached hydrogen (secondary N) is 2. The molecule has 2 aromatic rings. The molecule has 1 fully saturated rings. The Morgan fingerprint density at radius 1 is 1.19 bits per heavy atom. The fraction of sp³-hybridized carbons (Fsp3) is 0.500. The Morgan fingerprint density at radius 3 is 2.71 bits per heavy atom. The quantitative estimate of drug-likeness (QED) is 0.857. The molecule has 0 saturated heterocycles. The van der Waals surface area contributed by atoms with Crippen LogP contribution in [0.1, 0.15) is 54.2 Å². The third-order valence-electron chi connectivity index (χ3n) is 4.76. The Balaban J connectivity index is 1.83. The summed E-state index contributed by atoms with van der Waals surface area (Å²) in [7, 11) is 0. The first-order chi connectivity index (χ1) is 10.0. The van der Waals surface area contributed by atoms with E-state index in [1.54, 1.807) is 0 Å². The van der Waals surface area contributed by atoms with Crippen molar-refractivity contribution in [3.05, 3.63) is 35.0 Å². The van der Waals surface area contributed by atoms with Crippen LogP contribution in [-0.2, 0) is 0 Å². The minimum Gasteiger partial charge on any atom is -0.351 e. The topological polar surface area (TPSA) is 44.9 Å². The van der Waals surface area contributed by atoms with E-state index in [1.165, 1.54) is 30.4 Å².